The lowest BCUT2D eigenvalue weighted by Gasteiger charge is -1.80. The number of rotatable bonds is 1. The van der Waals surface area contributed by atoms with Gasteiger partial charge in [0.2, 0.25) is 10.3 Å². The molecule has 0 atom stereocenters. The van der Waals surface area contributed by atoms with Crippen LogP contribution >= 0.6 is 0 Å². The van der Waals surface area contributed by atoms with E-state index in [1.165, 1.54) is 6.33 Å². The number of imidazole rings is 1. The number of H-pyrrole nitrogens is 1. The predicted molar refractivity (Wildman–Crippen MR) is 37.4 cm³/mol. The molecule has 1 aromatic heterocycles. The number of nitrogens with one attached hydrogen (secondary N) is 1. The molecule has 4 nitrogen and oxygen atoms in total. The average Bonchev–Trinajstić information content (AvgIpc) is 2.15. The fourth-order valence-corrected chi connectivity index (χ4v) is 0.999. The van der Waals surface area contributed by atoms with E-state index in [4.69, 9.17) is 0 Å². The van der Waals surface area contributed by atoms with Gasteiger partial charge in [-0.15, -0.1) is 0 Å². The molecule has 5 heteroatoms. The number of aryl methyl sites for hydroxylation is 1. The topological polar surface area (TPSA) is 62.8 Å². The Labute approximate surface area is 59.5 Å². The molecular weight excluding hydrogens is 152 g/mol. The number of aromatic nitrogens is 2. The summed E-state index contributed by atoms with van der Waals surface area (Å²) in [6.07, 6.45) is 1.45. The molecule has 0 bridgehead atoms. The fourth-order valence-electron chi connectivity index (χ4n) is 0.579. The summed E-state index contributed by atoms with van der Waals surface area (Å²) in [6, 6.07) is 0. The van der Waals surface area contributed by atoms with Crippen LogP contribution in [-0.2, 0) is 10.3 Å². The Morgan fingerprint density at radius 1 is 1.70 bits per heavy atom. The van der Waals surface area contributed by atoms with Crippen LogP contribution in [0.4, 0.5) is 0 Å². The molecule has 0 spiro atoms. The van der Waals surface area contributed by atoms with Crippen LogP contribution in [-0.4, -0.2) is 23.8 Å². The van der Waals surface area contributed by atoms with Gasteiger partial charge in [-0.1, -0.05) is 0 Å². The van der Waals surface area contributed by atoms with Crippen molar-refractivity contribution in [1.82, 2.24) is 9.97 Å². The zero-order valence-corrected chi connectivity index (χ0v) is 6.14. The van der Waals surface area contributed by atoms with Crippen LogP contribution < -0.4 is 0 Å². The minimum atomic E-state index is -2.16. The highest BCUT2D eigenvalue weighted by atomic mass is 32.2. The van der Waals surface area contributed by atoms with Crippen molar-refractivity contribution in [2.45, 2.75) is 6.92 Å². The van der Waals surface area contributed by atoms with Crippen LogP contribution in [0.25, 0.3) is 0 Å². The molecule has 54 valence electrons. The number of hydrogen-bond acceptors (Lipinski definition) is 3. The number of aromatic amines is 1. The van der Waals surface area contributed by atoms with E-state index in [0.29, 0.717) is 5.69 Å². The third kappa shape index (κ3) is 1.44. The molecule has 0 radical (unpaired) electrons. The molecule has 1 N–H and O–H groups in total. The van der Waals surface area contributed by atoms with Gasteiger partial charge in [-0.2, -0.15) is 8.42 Å². The van der Waals surface area contributed by atoms with Crippen molar-refractivity contribution in [3.05, 3.63) is 17.7 Å². The zero-order chi connectivity index (χ0) is 7.56. The van der Waals surface area contributed by atoms with Gasteiger partial charge in [0, 0.05) is 5.69 Å². The minimum absolute atomic E-state index is 0.466. The largest absolute Gasteiger partial charge is 0.348 e. The van der Waals surface area contributed by atoms with Gasteiger partial charge in [0.15, 0.2) is 0 Å². The summed E-state index contributed by atoms with van der Waals surface area (Å²) in [5, 5.41) is 1.06. The Kier molecular flexibility index (Phi) is 1.86. The van der Waals surface area contributed by atoms with Crippen LogP contribution in [0.5, 0.6) is 0 Å². The van der Waals surface area contributed by atoms with Gasteiger partial charge in [0.1, 0.15) is 0 Å². The maximum absolute atomic E-state index is 10.1. The molecular formula is C5H6N2O2S. The summed E-state index contributed by atoms with van der Waals surface area (Å²) in [4.78, 5) is 6.51. The SMILES string of the molecule is Cc1[nH]cnc1C=S(=O)=O. The Hall–Kier alpha value is -1.10. The Balaban J connectivity index is 3.19. The standard InChI is InChI=1S/C5H6N2O2S/c1-4-5(2-10(8)9)7-3-6-4/h2-3H,1H3,(H,6,7). The molecule has 0 aliphatic heterocycles. The first kappa shape index (κ1) is 7.01. The van der Waals surface area contributed by atoms with Gasteiger partial charge in [-0.3, -0.25) is 0 Å². The van der Waals surface area contributed by atoms with Crippen LogP contribution in [0.1, 0.15) is 11.4 Å². The number of hydrogen-bond donors (Lipinski definition) is 1. The lowest BCUT2D eigenvalue weighted by Crippen LogP contribution is -1.84. The Morgan fingerprint density at radius 3 is 2.80 bits per heavy atom. The van der Waals surface area contributed by atoms with E-state index in [1.54, 1.807) is 6.92 Å². The predicted octanol–water partition coefficient (Wildman–Crippen LogP) is -0.252. The summed E-state index contributed by atoms with van der Waals surface area (Å²) in [6.45, 7) is 1.76. The molecule has 0 amide bonds. The van der Waals surface area contributed by atoms with Gasteiger partial charge < -0.3 is 4.98 Å². The van der Waals surface area contributed by atoms with E-state index in [2.05, 4.69) is 9.97 Å². The van der Waals surface area contributed by atoms with Crippen molar-refractivity contribution in [2.75, 3.05) is 0 Å². The van der Waals surface area contributed by atoms with Crippen molar-refractivity contribution >= 4 is 15.7 Å². The summed E-state index contributed by atoms with van der Waals surface area (Å²) < 4.78 is 20.2. The van der Waals surface area contributed by atoms with E-state index in [-0.39, 0.29) is 0 Å². The van der Waals surface area contributed by atoms with Gasteiger partial charge in [-0.05, 0) is 6.92 Å². The van der Waals surface area contributed by atoms with Crippen molar-refractivity contribution in [2.24, 2.45) is 0 Å². The zero-order valence-electron chi connectivity index (χ0n) is 5.33. The van der Waals surface area contributed by atoms with Gasteiger partial charge in [0.05, 0.1) is 17.4 Å². The molecule has 0 aromatic carbocycles. The monoisotopic (exact) mass is 158 g/mol. The second kappa shape index (κ2) is 2.66. The molecule has 0 aliphatic carbocycles. The third-order valence-corrected chi connectivity index (χ3v) is 1.49. The van der Waals surface area contributed by atoms with Gasteiger partial charge >= 0.3 is 0 Å². The van der Waals surface area contributed by atoms with Crippen LogP contribution in [0.3, 0.4) is 0 Å². The minimum Gasteiger partial charge on any atom is -0.348 e. The first-order valence-electron chi connectivity index (χ1n) is 2.63. The van der Waals surface area contributed by atoms with Crippen LogP contribution in [0, 0.1) is 6.92 Å². The summed E-state index contributed by atoms with van der Waals surface area (Å²) >= 11 is 0. The van der Waals surface area contributed by atoms with Gasteiger partial charge in [-0.25, -0.2) is 4.98 Å². The van der Waals surface area contributed by atoms with Crippen molar-refractivity contribution < 1.29 is 8.42 Å². The molecule has 0 saturated heterocycles. The highest BCUT2D eigenvalue weighted by molar-refractivity contribution is 7.71. The van der Waals surface area contributed by atoms with E-state index < -0.39 is 10.3 Å². The normalized spacial score (nSPS) is 9.30. The molecule has 0 fully saturated rings. The lowest BCUT2D eigenvalue weighted by atomic mass is 10.4. The molecule has 1 aromatic rings. The average molecular weight is 158 g/mol. The number of nitrogens with zero attached hydrogens (tertiary/aromatic N) is 1. The van der Waals surface area contributed by atoms with Crippen molar-refractivity contribution in [1.29, 1.82) is 0 Å². The van der Waals surface area contributed by atoms with E-state index in [9.17, 15) is 8.42 Å². The van der Waals surface area contributed by atoms with E-state index in [1.807, 2.05) is 0 Å². The molecule has 1 heterocycles. The second-order valence-electron chi connectivity index (χ2n) is 1.79. The van der Waals surface area contributed by atoms with Crippen LogP contribution in [0.2, 0.25) is 0 Å². The first-order valence-corrected chi connectivity index (χ1v) is 3.77. The summed E-state index contributed by atoms with van der Waals surface area (Å²) in [5.41, 5.74) is 1.22. The first-order chi connectivity index (χ1) is 4.70. The van der Waals surface area contributed by atoms with E-state index in [0.717, 1.165) is 11.1 Å². The van der Waals surface area contributed by atoms with Crippen molar-refractivity contribution in [3.63, 3.8) is 0 Å². The molecule has 0 aliphatic rings. The lowest BCUT2D eigenvalue weighted by molar-refractivity contribution is 0.627. The summed E-state index contributed by atoms with van der Waals surface area (Å²) in [5.74, 6) is 0. The molecule has 0 unspecified atom stereocenters. The maximum Gasteiger partial charge on any atom is 0.216 e. The quantitative estimate of drug-likeness (QED) is 0.573. The summed E-state index contributed by atoms with van der Waals surface area (Å²) in [7, 11) is -2.16. The molecule has 1 rings (SSSR count). The molecule has 10 heavy (non-hydrogen) atoms. The van der Waals surface area contributed by atoms with Gasteiger partial charge in [0.25, 0.3) is 0 Å². The third-order valence-electron chi connectivity index (χ3n) is 1.08. The van der Waals surface area contributed by atoms with Crippen LogP contribution in [0.15, 0.2) is 6.33 Å². The van der Waals surface area contributed by atoms with Crippen molar-refractivity contribution in [3.8, 4) is 0 Å². The Bertz CT molecular complexity index is 341. The smallest absolute Gasteiger partial charge is 0.216 e. The highest BCUT2D eigenvalue weighted by Gasteiger charge is 1.94. The highest BCUT2D eigenvalue weighted by Crippen LogP contribution is 1.94. The van der Waals surface area contributed by atoms with E-state index >= 15 is 0 Å². The maximum atomic E-state index is 10.1. The molecule has 0 saturated carbocycles. The second-order valence-corrected chi connectivity index (χ2v) is 2.55. The Morgan fingerprint density at radius 2 is 2.40 bits per heavy atom. The fraction of sp³-hybridized carbons (Fsp3) is 0.200.